The maximum Gasteiger partial charge on any atom is 0.237 e. The molecule has 1 N–H and O–H groups in total. The fourth-order valence-corrected chi connectivity index (χ4v) is 4.07. The van der Waals surface area contributed by atoms with Gasteiger partial charge in [0.05, 0.1) is 18.0 Å². The minimum Gasteiger partial charge on any atom is -0.353 e. The van der Waals surface area contributed by atoms with Gasteiger partial charge in [0.25, 0.3) is 0 Å². The van der Waals surface area contributed by atoms with Crippen LogP contribution in [0, 0.1) is 6.92 Å². The maximum absolute atomic E-state index is 13.0. The van der Waals surface area contributed by atoms with Crippen LogP contribution >= 0.6 is 0 Å². The molecule has 2 heterocycles. The molecule has 0 saturated carbocycles. The molecule has 1 aliphatic rings. The Labute approximate surface area is 182 Å². The second-order valence-electron chi connectivity index (χ2n) is 8.20. The molecule has 6 heteroatoms. The SMILES string of the molecule is Cc1ccc(CN2CCNC(=O)[C@H]2CC(=O)N(C)Cc2cccc3ncccc23)cc1. The van der Waals surface area contributed by atoms with Gasteiger partial charge in [-0.05, 0) is 30.2 Å². The highest BCUT2D eigenvalue weighted by Gasteiger charge is 2.32. The lowest BCUT2D eigenvalue weighted by Gasteiger charge is -2.35. The number of aromatic nitrogens is 1. The predicted molar refractivity (Wildman–Crippen MR) is 121 cm³/mol. The Morgan fingerprint density at radius 3 is 2.77 bits per heavy atom. The van der Waals surface area contributed by atoms with Crippen molar-refractivity contribution in [2.45, 2.75) is 32.5 Å². The number of benzene rings is 2. The molecule has 1 fully saturated rings. The number of carbonyl (C=O) groups is 2. The molecule has 1 aliphatic heterocycles. The first-order valence-corrected chi connectivity index (χ1v) is 10.6. The molecule has 0 bridgehead atoms. The van der Waals surface area contributed by atoms with E-state index in [2.05, 4.69) is 46.4 Å². The number of amides is 2. The van der Waals surface area contributed by atoms with Crippen molar-refractivity contribution in [1.82, 2.24) is 20.1 Å². The van der Waals surface area contributed by atoms with Gasteiger partial charge in [-0.2, -0.15) is 0 Å². The van der Waals surface area contributed by atoms with E-state index < -0.39 is 6.04 Å². The number of fused-ring (bicyclic) bond motifs is 1. The van der Waals surface area contributed by atoms with Crippen molar-refractivity contribution >= 4 is 22.7 Å². The van der Waals surface area contributed by atoms with E-state index in [1.165, 1.54) is 5.56 Å². The van der Waals surface area contributed by atoms with Crippen molar-refractivity contribution in [1.29, 1.82) is 0 Å². The van der Waals surface area contributed by atoms with Gasteiger partial charge in [0.15, 0.2) is 0 Å². The number of aryl methyl sites for hydroxylation is 1. The van der Waals surface area contributed by atoms with Crippen LogP contribution in [0.25, 0.3) is 10.9 Å². The van der Waals surface area contributed by atoms with Gasteiger partial charge >= 0.3 is 0 Å². The Kier molecular flexibility index (Phi) is 6.28. The molecule has 0 unspecified atom stereocenters. The number of nitrogens with one attached hydrogen (secondary N) is 1. The van der Waals surface area contributed by atoms with Gasteiger partial charge in [-0.25, -0.2) is 0 Å². The van der Waals surface area contributed by atoms with Crippen LogP contribution in [0.3, 0.4) is 0 Å². The van der Waals surface area contributed by atoms with E-state index in [-0.39, 0.29) is 18.2 Å². The molecule has 1 saturated heterocycles. The zero-order valence-corrected chi connectivity index (χ0v) is 18.0. The van der Waals surface area contributed by atoms with E-state index in [0.717, 1.165) is 28.6 Å². The summed E-state index contributed by atoms with van der Waals surface area (Å²) in [5.74, 6) is -0.119. The summed E-state index contributed by atoms with van der Waals surface area (Å²) >= 11 is 0. The van der Waals surface area contributed by atoms with E-state index in [0.29, 0.717) is 19.6 Å². The number of carbonyl (C=O) groups excluding carboxylic acids is 2. The molecule has 4 rings (SSSR count). The fourth-order valence-electron chi connectivity index (χ4n) is 4.07. The molecule has 2 amide bonds. The van der Waals surface area contributed by atoms with Crippen LogP contribution in [-0.4, -0.2) is 52.8 Å². The molecule has 3 aromatic rings. The van der Waals surface area contributed by atoms with E-state index in [1.54, 1.807) is 18.1 Å². The standard InChI is InChI=1S/C25H28N4O2/c1-18-8-10-19(11-9-18)16-29-14-13-27-25(31)23(29)15-24(30)28(2)17-20-5-3-7-22-21(20)6-4-12-26-22/h3-12,23H,13-17H2,1-2H3,(H,27,31)/t23-/m1/s1. The molecular weight excluding hydrogens is 388 g/mol. The summed E-state index contributed by atoms with van der Waals surface area (Å²) < 4.78 is 0. The lowest BCUT2D eigenvalue weighted by molar-refractivity contribution is -0.138. The van der Waals surface area contributed by atoms with E-state index in [9.17, 15) is 9.59 Å². The highest BCUT2D eigenvalue weighted by Crippen LogP contribution is 2.20. The van der Waals surface area contributed by atoms with Crippen LogP contribution in [0.15, 0.2) is 60.8 Å². The molecule has 2 aromatic carbocycles. The summed E-state index contributed by atoms with van der Waals surface area (Å²) in [6.45, 7) is 4.53. The molecular formula is C25H28N4O2. The number of piperazine rings is 1. The van der Waals surface area contributed by atoms with Gasteiger partial charge in [0, 0.05) is 44.8 Å². The molecule has 31 heavy (non-hydrogen) atoms. The van der Waals surface area contributed by atoms with Crippen molar-refractivity contribution < 1.29 is 9.59 Å². The Hall–Kier alpha value is -3.25. The van der Waals surface area contributed by atoms with Crippen molar-refractivity contribution in [3.8, 4) is 0 Å². The second-order valence-corrected chi connectivity index (χ2v) is 8.20. The third-order valence-electron chi connectivity index (χ3n) is 5.89. The first-order valence-electron chi connectivity index (χ1n) is 10.6. The van der Waals surface area contributed by atoms with Gasteiger partial charge in [-0.1, -0.05) is 48.0 Å². The number of rotatable bonds is 6. The summed E-state index contributed by atoms with van der Waals surface area (Å²) in [5, 5.41) is 3.96. The van der Waals surface area contributed by atoms with Crippen LogP contribution in [0.4, 0.5) is 0 Å². The summed E-state index contributed by atoms with van der Waals surface area (Å²) in [6, 6.07) is 17.7. The monoisotopic (exact) mass is 416 g/mol. The Bertz CT molecular complexity index is 1080. The molecule has 0 spiro atoms. The summed E-state index contributed by atoms with van der Waals surface area (Å²) in [4.78, 5) is 33.9. The topological polar surface area (TPSA) is 65.5 Å². The van der Waals surface area contributed by atoms with Gasteiger partial charge in [0.1, 0.15) is 0 Å². The normalized spacial score (nSPS) is 16.8. The summed E-state index contributed by atoms with van der Waals surface area (Å²) in [6.07, 6.45) is 1.93. The zero-order chi connectivity index (χ0) is 21.8. The molecule has 0 radical (unpaired) electrons. The highest BCUT2D eigenvalue weighted by atomic mass is 16.2. The first kappa shape index (κ1) is 21.0. The minimum absolute atomic E-state index is 0.0446. The lowest BCUT2D eigenvalue weighted by atomic mass is 10.0. The molecule has 0 aliphatic carbocycles. The van der Waals surface area contributed by atoms with E-state index in [1.807, 2.05) is 30.3 Å². The number of nitrogens with zero attached hydrogens (tertiary/aromatic N) is 3. The fraction of sp³-hybridized carbons (Fsp3) is 0.320. The molecule has 1 aromatic heterocycles. The largest absolute Gasteiger partial charge is 0.353 e. The maximum atomic E-state index is 13.0. The average molecular weight is 417 g/mol. The van der Waals surface area contributed by atoms with Crippen LogP contribution in [0.2, 0.25) is 0 Å². The minimum atomic E-state index is -0.459. The van der Waals surface area contributed by atoms with Crippen LogP contribution in [-0.2, 0) is 22.7 Å². The number of pyridine rings is 1. The van der Waals surface area contributed by atoms with E-state index >= 15 is 0 Å². The Morgan fingerprint density at radius 1 is 1.16 bits per heavy atom. The van der Waals surface area contributed by atoms with Gasteiger partial charge < -0.3 is 10.2 Å². The quantitative estimate of drug-likeness (QED) is 0.671. The van der Waals surface area contributed by atoms with Crippen molar-refractivity contribution in [2.24, 2.45) is 0 Å². The highest BCUT2D eigenvalue weighted by molar-refractivity contribution is 5.89. The van der Waals surface area contributed by atoms with Gasteiger partial charge in [-0.3, -0.25) is 19.5 Å². The number of hydrogen-bond acceptors (Lipinski definition) is 4. The van der Waals surface area contributed by atoms with E-state index in [4.69, 9.17) is 0 Å². The van der Waals surface area contributed by atoms with Gasteiger partial charge in [0.2, 0.25) is 11.8 Å². The molecule has 160 valence electrons. The summed E-state index contributed by atoms with van der Waals surface area (Å²) in [7, 11) is 1.79. The zero-order valence-electron chi connectivity index (χ0n) is 18.0. The van der Waals surface area contributed by atoms with Crippen LogP contribution in [0.1, 0.15) is 23.1 Å². The third kappa shape index (κ3) is 4.91. The average Bonchev–Trinajstić information content (AvgIpc) is 2.78. The Balaban J connectivity index is 1.45. The van der Waals surface area contributed by atoms with Crippen LogP contribution in [0.5, 0.6) is 0 Å². The lowest BCUT2D eigenvalue weighted by Crippen LogP contribution is -2.56. The van der Waals surface area contributed by atoms with Crippen LogP contribution < -0.4 is 5.32 Å². The van der Waals surface area contributed by atoms with Crippen molar-refractivity contribution in [3.05, 3.63) is 77.5 Å². The van der Waals surface area contributed by atoms with Gasteiger partial charge in [-0.15, -0.1) is 0 Å². The smallest absolute Gasteiger partial charge is 0.237 e. The third-order valence-corrected chi connectivity index (χ3v) is 5.89. The second kappa shape index (κ2) is 9.27. The summed E-state index contributed by atoms with van der Waals surface area (Å²) in [5.41, 5.74) is 4.31. The van der Waals surface area contributed by atoms with Crippen molar-refractivity contribution in [3.63, 3.8) is 0 Å². The van der Waals surface area contributed by atoms with Crippen molar-refractivity contribution in [2.75, 3.05) is 20.1 Å². The first-order chi connectivity index (χ1) is 15.0. The number of hydrogen-bond donors (Lipinski definition) is 1. The predicted octanol–water partition coefficient (Wildman–Crippen LogP) is 2.89. The molecule has 6 nitrogen and oxygen atoms in total. The Morgan fingerprint density at radius 2 is 1.97 bits per heavy atom. The molecule has 1 atom stereocenters.